The predicted octanol–water partition coefficient (Wildman–Crippen LogP) is 6.18. The van der Waals surface area contributed by atoms with Gasteiger partial charge in [-0.2, -0.15) is 13.2 Å². The third-order valence-corrected chi connectivity index (χ3v) is 23.9. The Morgan fingerprint density at radius 1 is 0.641 bits per heavy atom. The van der Waals surface area contributed by atoms with Crippen molar-refractivity contribution in [3.05, 3.63) is 12.2 Å². The molecule has 0 aromatic heterocycles. The van der Waals surface area contributed by atoms with Gasteiger partial charge in [-0.1, -0.05) is 98.1 Å². The molecule has 3 aliphatic heterocycles. The van der Waals surface area contributed by atoms with E-state index in [4.69, 9.17) is 0 Å². The number of rotatable bonds is 12. The summed E-state index contributed by atoms with van der Waals surface area (Å²) in [6.45, 7) is 9.95. The van der Waals surface area contributed by atoms with Crippen molar-refractivity contribution in [3.8, 4) is 0 Å². The second-order valence-electron chi connectivity index (χ2n) is 31.3. The number of fused-ring (bicyclic) bond motifs is 3. The third kappa shape index (κ3) is 20.0. The van der Waals surface area contributed by atoms with Crippen LogP contribution in [0.5, 0.6) is 0 Å². The molecule has 0 aromatic rings. The van der Waals surface area contributed by atoms with E-state index in [0.29, 0.717) is 57.3 Å². The molecule has 7 rings (SSSR count). The number of hydrogen-bond acceptors (Lipinski definition) is 12. The minimum atomic E-state index is -5.16. The minimum Gasteiger partial charge on any atom is -0.344 e. The average Bonchev–Trinajstić information content (AvgIpc) is 1.75. The third-order valence-electron chi connectivity index (χ3n) is 23.9. The monoisotopic (exact) mass is 1460 g/mol. The van der Waals surface area contributed by atoms with Crippen LogP contribution in [-0.4, -0.2) is 269 Å². The fourth-order valence-corrected chi connectivity index (χ4v) is 16.7. The van der Waals surface area contributed by atoms with Gasteiger partial charge in [-0.25, -0.2) is 8.78 Å². The van der Waals surface area contributed by atoms with Crippen LogP contribution in [0.15, 0.2) is 12.2 Å². The Bertz CT molecular complexity index is 3060. The van der Waals surface area contributed by atoms with E-state index in [0.717, 1.165) is 35.5 Å². The molecular formula is C74H117F5N12O12. The molecule has 2 unspecified atom stereocenters. The Morgan fingerprint density at radius 3 is 1.85 bits per heavy atom. The van der Waals surface area contributed by atoms with Crippen LogP contribution in [-0.2, 0) is 57.5 Å². The molecule has 2 saturated heterocycles. The Labute approximate surface area is 605 Å². The SMILES string of the molecule is CCC[C@H]1C(=O)N[C@@H]([C@@H](C)CC)C(=O)N(C)CC(=O)N(C)[C@H]2C/C=C\CCN(C2=O)[C@@H](CC2CCC(C)CC2)C(=O)N(C)CC(=O)N[C@@H](CCC2CC(F)C(C(F)(F)F)C(F)C2)C(=O)N2C[C@@H](C)C[C@H]2C(=O)NC2(CCC2)C(=O)N(C)[C@@H](C2CCCC2)C(=O)N(C)[C@H](C(=O)N(C)CC)CC(=O)N1C. The zero-order valence-electron chi connectivity index (χ0n) is 63.1. The highest BCUT2D eigenvalue weighted by atomic mass is 19.4. The lowest BCUT2D eigenvalue weighted by Crippen LogP contribution is -2.68. The summed E-state index contributed by atoms with van der Waals surface area (Å²) in [5, 5.41) is 8.61. The van der Waals surface area contributed by atoms with Gasteiger partial charge in [0.05, 0.1) is 19.5 Å². The first kappa shape index (κ1) is 83.3. The van der Waals surface area contributed by atoms with Crippen molar-refractivity contribution in [2.24, 2.45) is 41.4 Å². The summed E-state index contributed by atoms with van der Waals surface area (Å²) in [5.74, 6) is -13.0. The molecule has 4 aliphatic carbocycles. The molecule has 103 heavy (non-hydrogen) atoms. The molecule has 2 bridgehead atoms. The summed E-state index contributed by atoms with van der Waals surface area (Å²) in [4.78, 5) is 192. The van der Waals surface area contributed by atoms with E-state index in [1.54, 1.807) is 26.8 Å². The largest absolute Gasteiger partial charge is 0.397 e. The molecule has 4 saturated carbocycles. The second-order valence-corrected chi connectivity index (χ2v) is 31.3. The van der Waals surface area contributed by atoms with Crippen molar-refractivity contribution in [1.82, 2.24) is 60.0 Å². The van der Waals surface area contributed by atoms with Crippen molar-refractivity contribution in [3.63, 3.8) is 0 Å². The summed E-state index contributed by atoms with van der Waals surface area (Å²) in [6.07, 6.45) is -1.39. The zero-order chi connectivity index (χ0) is 76.3. The first-order chi connectivity index (χ1) is 48.5. The van der Waals surface area contributed by atoms with E-state index in [1.165, 1.54) is 83.6 Å². The number of nitrogens with one attached hydrogen (secondary N) is 3. The maximum Gasteiger partial charge on any atom is 0.397 e. The highest BCUT2D eigenvalue weighted by molar-refractivity contribution is 6.01. The summed E-state index contributed by atoms with van der Waals surface area (Å²) in [5.41, 5.74) is -1.60. The lowest BCUT2D eigenvalue weighted by atomic mass is 9.74. The molecule has 3 N–H and O–H groups in total. The van der Waals surface area contributed by atoms with E-state index in [2.05, 4.69) is 22.9 Å². The van der Waals surface area contributed by atoms with Crippen molar-refractivity contribution >= 4 is 70.9 Å². The molecule has 24 nitrogen and oxygen atoms in total. The number of alkyl halides is 5. The van der Waals surface area contributed by atoms with E-state index >= 15 is 37.5 Å². The molecule has 12 amide bonds. The number of halogens is 5. The van der Waals surface area contributed by atoms with E-state index in [1.807, 2.05) is 19.9 Å². The van der Waals surface area contributed by atoms with Gasteiger partial charge in [-0.3, -0.25) is 57.5 Å². The average molecular weight is 1460 g/mol. The van der Waals surface area contributed by atoms with Crippen LogP contribution in [0.3, 0.4) is 0 Å². The number of nitrogens with zero attached hydrogens (tertiary/aromatic N) is 9. The van der Waals surface area contributed by atoms with Crippen molar-refractivity contribution in [2.45, 2.75) is 262 Å². The first-order valence-corrected chi connectivity index (χ1v) is 37.8. The molecule has 0 aromatic carbocycles. The number of carbonyl (C=O) groups excluding carboxylic acids is 12. The van der Waals surface area contributed by atoms with Crippen molar-refractivity contribution in [1.29, 1.82) is 0 Å². The molecule has 580 valence electrons. The smallest absolute Gasteiger partial charge is 0.344 e. The summed E-state index contributed by atoms with van der Waals surface area (Å²) in [7, 11) is 9.97. The molecule has 1 spiro atoms. The Balaban J connectivity index is 1.30. The fourth-order valence-electron chi connectivity index (χ4n) is 16.7. The van der Waals surface area contributed by atoms with E-state index in [9.17, 15) is 41.9 Å². The molecule has 6 fully saturated rings. The Hall–Kier alpha value is -6.97. The maximum atomic E-state index is 15.5. The van der Waals surface area contributed by atoms with Crippen LogP contribution >= 0.6 is 0 Å². The standard InChI is InChI=1S/C74H117F5N12O12/c1-14-23-53-64(95)81-62(46(6)15-2)70(101)85(9)43-60(94)87(11)54-26-18-17-21-35-90(69(54)100)57(39-47-29-27-44(4)28-30-47)68(99)84(8)42-58(92)80-52(32-31-48-37-50(75)61(51(76)38-48)74(77,78)79)66(97)91-41-45(5)36-55(91)65(96)82-73(33-22-34-73)72(103)89(13)63(49-24-19-20-25-49)71(102)88(12)56(40-59(93)86(53)10)67(98)83(7)16-3/h17-18,44-57,61-63H,14-16,19-43H2,1-13H3,(H,80,92)(H,81,95)(H,82,96)/b18-17-/t44?,45-,46-,47?,48?,50?,51?,52-,53-,54-,55-,56-,57-,61?,62-,63-/m0/s1. The van der Waals surface area contributed by atoms with Crippen LogP contribution in [0.2, 0.25) is 0 Å². The predicted molar refractivity (Wildman–Crippen MR) is 375 cm³/mol. The van der Waals surface area contributed by atoms with Crippen LogP contribution in [0.4, 0.5) is 22.0 Å². The molecule has 29 heteroatoms. The van der Waals surface area contributed by atoms with E-state index < -0.39 is 199 Å². The molecular weight excluding hydrogens is 1340 g/mol. The van der Waals surface area contributed by atoms with Crippen molar-refractivity contribution in [2.75, 3.05) is 82.1 Å². The minimum absolute atomic E-state index is 0.0233. The van der Waals surface area contributed by atoms with Gasteiger partial charge in [0.15, 0.2) is 0 Å². The summed E-state index contributed by atoms with van der Waals surface area (Å²) < 4.78 is 72.6. The van der Waals surface area contributed by atoms with Gasteiger partial charge in [0.1, 0.15) is 72.1 Å². The van der Waals surface area contributed by atoms with Gasteiger partial charge >= 0.3 is 6.18 Å². The second kappa shape index (κ2) is 36.4. The molecule has 7 aliphatic rings. The highest BCUT2D eigenvalue weighted by Crippen LogP contribution is 2.45. The quantitative estimate of drug-likeness (QED) is 0.146. The highest BCUT2D eigenvalue weighted by Gasteiger charge is 2.56. The van der Waals surface area contributed by atoms with E-state index in [-0.39, 0.29) is 82.8 Å². The van der Waals surface area contributed by atoms with Gasteiger partial charge in [-0.15, -0.1) is 0 Å². The summed E-state index contributed by atoms with van der Waals surface area (Å²) in [6, 6.07) is -10.3. The molecule has 0 radical (unpaired) electrons. The Kier molecular flexibility index (Phi) is 29.4. The zero-order valence-corrected chi connectivity index (χ0v) is 63.1. The normalized spacial score (nSPS) is 32.7. The maximum absolute atomic E-state index is 15.5. The molecule has 12 atom stereocenters. The summed E-state index contributed by atoms with van der Waals surface area (Å²) >= 11 is 0. The van der Waals surface area contributed by atoms with Gasteiger partial charge in [-0.05, 0) is 132 Å². The van der Waals surface area contributed by atoms with Crippen molar-refractivity contribution < 1.29 is 79.5 Å². The van der Waals surface area contributed by atoms with Gasteiger partial charge in [0.25, 0.3) is 0 Å². The van der Waals surface area contributed by atoms with Gasteiger partial charge in [0.2, 0.25) is 70.9 Å². The van der Waals surface area contributed by atoms with Gasteiger partial charge in [0, 0.05) is 69.0 Å². The fraction of sp³-hybridized carbons (Fsp3) is 0.811. The Morgan fingerprint density at radius 2 is 1.27 bits per heavy atom. The first-order valence-electron chi connectivity index (χ1n) is 37.8. The van der Waals surface area contributed by atoms with Gasteiger partial charge < -0.3 is 60.0 Å². The lowest BCUT2D eigenvalue weighted by Gasteiger charge is -2.46. The van der Waals surface area contributed by atoms with Crippen LogP contribution < -0.4 is 16.0 Å². The van der Waals surface area contributed by atoms with Crippen LogP contribution in [0.25, 0.3) is 0 Å². The lowest BCUT2D eigenvalue weighted by molar-refractivity contribution is -0.219. The van der Waals surface area contributed by atoms with Crippen LogP contribution in [0.1, 0.15) is 189 Å². The topological polar surface area (TPSA) is 270 Å². The number of amides is 12. The van der Waals surface area contributed by atoms with Crippen LogP contribution in [0, 0.1) is 41.4 Å². The molecule has 3 heterocycles. The number of carbonyl (C=O) groups is 12. The number of likely N-dealkylation sites (N-methyl/N-ethyl adjacent to an activating group) is 7. The number of hydrogen-bond donors (Lipinski definition) is 3.